The van der Waals surface area contributed by atoms with Gasteiger partial charge >= 0.3 is 12.6 Å². The van der Waals surface area contributed by atoms with Gasteiger partial charge in [0.15, 0.2) is 18.1 Å². The first-order valence-corrected chi connectivity index (χ1v) is 8.38. The van der Waals surface area contributed by atoms with Crippen molar-refractivity contribution in [3.63, 3.8) is 0 Å². The van der Waals surface area contributed by atoms with Gasteiger partial charge in [-0.3, -0.25) is 4.79 Å². The molecule has 0 aliphatic carbocycles. The largest absolute Gasteiger partial charge is 0.486 e. The zero-order valence-electron chi connectivity index (χ0n) is 14.6. The molecule has 0 aromatic heterocycles. The summed E-state index contributed by atoms with van der Waals surface area (Å²) in [7, 11) is 0. The number of alkyl halides is 2. The maximum absolute atomic E-state index is 12.1. The number of para-hydroxylation sites is 2. The highest BCUT2D eigenvalue weighted by Gasteiger charge is 2.21. The first-order valence-electron chi connectivity index (χ1n) is 8.38. The molecule has 9 heteroatoms. The van der Waals surface area contributed by atoms with Crippen molar-refractivity contribution in [3.8, 4) is 17.2 Å². The molecule has 0 saturated heterocycles. The van der Waals surface area contributed by atoms with Crippen LogP contribution in [0.2, 0.25) is 0 Å². The van der Waals surface area contributed by atoms with Gasteiger partial charge in [-0.15, -0.1) is 0 Å². The number of carbonyl (C=O) groups is 2. The Kier molecular flexibility index (Phi) is 6.25. The fraction of sp³-hybridized carbons (Fsp3) is 0.263. The molecule has 1 atom stereocenters. The molecule has 1 amide bonds. The molecule has 2 aromatic carbocycles. The molecule has 0 radical (unpaired) electrons. The second kappa shape index (κ2) is 9.03. The van der Waals surface area contributed by atoms with Gasteiger partial charge in [-0.1, -0.05) is 12.1 Å². The fourth-order valence-electron chi connectivity index (χ4n) is 2.43. The predicted octanol–water partition coefficient (Wildman–Crippen LogP) is 2.40. The SMILES string of the molecule is O=C(COC(=O)c1ccc(OC(F)F)cc1)NC[C@H]1COc2ccccc2O1. The second-order valence-electron chi connectivity index (χ2n) is 5.78. The van der Waals surface area contributed by atoms with E-state index in [0.717, 1.165) is 0 Å². The first-order chi connectivity index (χ1) is 13.5. The normalized spacial score (nSPS) is 15.0. The lowest BCUT2D eigenvalue weighted by molar-refractivity contribution is -0.124. The quantitative estimate of drug-likeness (QED) is 0.728. The smallest absolute Gasteiger partial charge is 0.387 e. The van der Waals surface area contributed by atoms with Crippen LogP contribution in [0.3, 0.4) is 0 Å². The molecule has 0 fully saturated rings. The Hall–Kier alpha value is -3.36. The molecule has 1 heterocycles. The number of fused-ring (bicyclic) bond motifs is 1. The van der Waals surface area contributed by atoms with E-state index in [-0.39, 0.29) is 30.6 Å². The van der Waals surface area contributed by atoms with E-state index in [1.807, 2.05) is 12.1 Å². The van der Waals surface area contributed by atoms with Crippen LogP contribution in [0.25, 0.3) is 0 Å². The summed E-state index contributed by atoms with van der Waals surface area (Å²) in [5, 5.41) is 2.60. The standard InChI is InChI=1S/C19H17F2NO6/c20-19(21)28-13-7-5-12(6-8-13)18(24)26-11-17(23)22-9-14-10-25-15-3-1-2-4-16(15)27-14/h1-8,14,19H,9-11H2,(H,22,23)/t14-/m0/s1. The van der Waals surface area contributed by atoms with Crippen LogP contribution >= 0.6 is 0 Å². The summed E-state index contributed by atoms with van der Waals surface area (Å²) < 4.78 is 44.5. The van der Waals surface area contributed by atoms with Gasteiger partial charge in [-0.2, -0.15) is 8.78 Å². The summed E-state index contributed by atoms with van der Waals surface area (Å²) in [5.41, 5.74) is 0.107. The molecule has 7 nitrogen and oxygen atoms in total. The van der Waals surface area contributed by atoms with Crippen LogP contribution in [0.1, 0.15) is 10.4 Å². The third-order valence-electron chi connectivity index (χ3n) is 3.74. The third kappa shape index (κ3) is 5.32. The molecule has 28 heavy (non-hydrogen) atoms. The van der Waals surface area contributed by atoms with Crippen LogP contribution < -0.4 is 19.5 Å². The van der Waals surface area contributed by atoms with Crippen molar-refractivity contribution in [2.24, 2.45) is 0 Å². The third-order valence-corrected chi connectivity index (χ3v) is 3.74. The second-order valence-corrected chi connectivity index (χ2v) is 5.78. The average molecular weight is 393 g/mol. The lowest BCUT2D eigenvalue weighted by Gasteiger charge is -2.26. The van der Waals surface area contributed by atoms with Crippen molar-refractivity contribution in [1.82, 2.24) is 5.32 Å². The van der Waals surface area contributed by atoms with Crippen molar-refractivity contribution in [2.45, 2.75) is 12.7 Å². The van der Waals surface area contributed by atoms with E-state index in [1.165, 1.54) is 24.3 Å². The molecule has 1 N–H and O–H groups in total. The zero-order chi connectivity index (χ0) is 19.9. The highest BCUT2D eigenvalue weighted by Crippen LogP contribution is 2.30. The molecule has 0 saturated carbocycles. The van der Waals surface area contributed by atoms with E-state index in [9.17, 15) is 18.4 Å². The van der Waals surface area contributed by atoms with E-state index < -0.39 is 25.1 Å². The van der Waals surface area contributed by atoms with Crippen molar-refractivity contribution >= 4 is 11.9 Å². The number of amides is 1. The molecule has 1 aliphatic heterocycles. The Labute approximate surface area is 159 Å². The van der Waals surface area contributed by atoms with Gasteiger partial charge in [0.1, 0.15) is 18.5 Å². The number of ether oxygens (including phenoxy) is 4. The summed E-state index contributed by atoms with van der Waals surface area (Å²) in [6.07, 6.45) is -0.364. The van der Waals surface area contributed by atoms with E-state index in [4.69, 9.17) is 14.2 Å². The Morgan fingerprint density at radius 2 is 1.82 bits per heavy atom. The first kappa shape index (κ1) is 19.4. The molecule has 2 aromatic rings. The molecule has 1 aliphatic rings. The minimum absolute atomic E-state index is 0.0828. The van der Waals surface area contributed by atoms with Gasteiger partial charge < -0.3 is 24.3 Å². The minimum atomic E-state index is -2.95. The highest BCUT2D eigenvalue weighted by molar-refractivity contribution is 5.91. The fourth-order valence-corrected chi connectivity index (χ4v) is 2.43. The molecule has 148 valence electrons. The number of carbonyl (C=O) groups excluding carboxylic acids is 2. The number of hydrogen-bond donors (Lipinski definition) is 1. The van der Waals surface area contributed by atoms with Gasteiger partial charge in [-0.05, 0) is 36.4 Å². The zero-order valence-corrected chi connectivity index (χ0v) is 14.6. The molecule has 0 bridgehead atoms. The minimum Gasteiger partial charge on any atom is -0.486 e. The van der Waals surface area contributed by atoms with Crippen molar-refractivity contribution in [1.29, 1.82) is 0 Å². The molecule has 0 unspecified atom stereocenters. The monoisotopic (exact) mass is 393 g/mol. The van der Waals surface area contributed by atoms with Gasteiger partial charge in [0, 0.05) is 0 Å². The Morgan fingerprint density at radius 3 is 2.54 bits per heavy atom. The lowest BCUT2D eigenvalue weighted by Crippen LogP contribution is -2.42. The number of rotatable bonds is 7. The molecular weight excluding hydrogens is 376 g/mol. The number of hydrogen-bond acceptors (Lipinski definition) is 6. The van der Waals surface area contributed by atoms with Crippen LogP contribution in [0.5, 0.6) is 17.2 Å². The van der Waals surface area contributed by atoms with Crippen LogP contribution in [0.4, 0.5) is 8.78 Å². The van der Waals surface area contributed by atoms with Crippen molar-refractivity contribution in [3.05, 3.63) is 54.1 Å². The Morgan fingerprint density at radius 1 is 1.11 bits per heavy atom. The number of benzene rings is 2. The highest BCUT2D eigenvalue weighted by atomic mass is 19.3. The van der Waals surface area contributed by atoms with E-state index in [1.54, 1.807) is 12.1 Å². The number of nitrogens with one attached hydrogen (secondary N) is 1. The maximum atomic E-state index is 12.1. The Balaban J connectivity index is 1.40. The van der Waals surface area contributed by atoms with Gasteiger partial charge in [-0.25, -0.2) is 4.79 Å². The van der Waals surface area contributed by atoms with Crippen molar-refractivity contribution in [2.75, 3.05) is 19.8 Å². The summed E-state index contributed by atoms with van der Waals surface area (Å²) >= 11 is 0. The summed E-state index contributed by atoms with van der Waals surface area (Å²) in [6, 6.07) is 12.2. The van der Waals surface area contributed by atoms with Crippen LogP contribution in [-0.4, -0.2) is 44.4 Å². The number of esters is 1. The maximum Gasteiger partial charge on any atom is 0.387 e. The molecule has 3 rings (SSSR count). The van der Waals surface area contributed by atoms with Gasteiger partial charge in [0.25, 0.3) is 5.91 Å². The topological polar surface area (TPSA) is 83.1 Å². The molecule has 0 spiro atoms. The summed E-state index contributed by atoms with van der Waals surface area (Å²) in [6.45, 7) is -2.97. The van der Waals surface area contributed by atoms with Gasteiger partial charge in [0.05, 0.1) is 12.1 Å². The number of halogens is 2. The van der Waals surface area contributed by atoms with E-state index in [0.29, 0.717) is 11.5 Å². The van der Waals surface area contributed by atoms with Crippen LogP contribution in [-0.2, 0) is 9.53 Å². The van der Waals surface area contributed by atoms with Crippen LogP contribution in [0.15, 0.2) is 48.5 Å². The average Bonchev–Trinajstić information content (AvgIpc) is 2.70. The Bertz CT molecular complexity index is 827. The van der Waals surface area contributed by atoms with Crippen LogP contribution in [0, 0.1) is 0 Å². The summed E-state index contributed by atoms with van der Waals surface area (Å²) in [4.78, 5) is 23.7. The molecular formula is C19H17F2NO6. The predicted molar refractivity (Wildman–Crippen MR) is 92.7 cm³/mol. The lowest BCUT2D eigenvalue weighted by atomic mass is 10.2. The van der Waals surface area contributed by atoms with E-state index >= 15 is 0 Å². The van der Waals surface area contributed by atoms with Gasteiger partial charge in [0.2, 0.25) is 0 Å². The summed E-state index contributed by atoms with van der Waals surface area (Å²) in [5.74, 6) is -0.110. The van der Waals surface area contributed by atoms with Crippen molar-refractivity contribution < 1.29 is 37.3 Å². The van der Waals surface area contributed by atoms with E-state index in [2.05, 4.69) is 10.1 Å².